The van der Waals surface area contributed by atoms with Gasteiger partial charge in [-0.25, -0.2) is 0 Å². The molecule has 0 amide bonds. The van der Waals surface area contributed by atoms with Gasteiger partial charge in [0.05, 0.1) is 0 Å². The normalized spacial score (nSPS) is 28.2. The van der Waals surface area contributed by atoms with Crippen LogP contribution in [-0.2, 0) is 0 Å². The smallest absolute Gasteiger partial charge is 0.0453 e. The SMILES string of the molecule is CC1=NCCCN(CCN(C)C)CCCN=C(C)C2CCCC1N2. The van der Waals surface area contributed by atoms with Crippen LogP contribution in [0.1, 0.15) is 46.0 Å². The summed E-state index contributed by atoms with van der Waals surface area (Å²) in [6, 6.07) is 0.892. The van der Waals surface area contributed by atoms with Gasteiger partial charge in [0.1, 0.15) is 0 Å². The van der Waals surface area contributed by atoms with Crippen LogP contribution in [0.2, 0.25) is 0 Å². The summed E-state index contributed by atoms with van der Waals surface area (Å²) in [4.78, 5) is 14.6. The van der Waals surface area contributed by atoms with Gasteiger partial charge in [0, 0.05) is 49.7 Å². The summed E-state index contributed by atoms with van der Waals surface area (Å²) >= 11 is 0. The topological polar surface area (TPSA) is 43.2 Å². The Bertz CT molecular complexity index is 397. The molecule has 0 spiro atoms. The molecule has 2 atom stereocenters. The Labute approximate surface area is 148 Å². The lowest BCUT2D eigenvalue weighted by Crippen LogP contribution is -2.49. The number of nitrogens with zero attached hydrogens (tertiary/aromatic N) is 4. The maximum atomic E-state index is 4.86. The highest BCUT2D eigenvalue weighted by Gasteiger charge is 2.24. The first-order valence-corrected chi connectivity index (χ1v) is 9.71. The van der Waals surface area contributed by atoms with Crippen LogP contribution in [0.3, 0.4) is 0 Å². The predicted molar refractivity (Wildman–Crippen MR) is 105 cm³/mol. The summed E-state index contributed by atoms with van der Waals surface area (Å²) < 4.78 is 0. The summed E-state index contributed by atoms with van der Waals surface area (Å²) in [5, 5.41) is 3.77. The van der Waals surface area contributed by atoms with E-state index in [0.717, 1.165) is 52.1 Å². The number of hydrogen-bond acceptors (Lipinski definition) is 5. The summed E-state index contributed by atoms with van der Waals surface area (Å²) in [6.45, 7) is 10.9. The van der Waals surface area contributed by atoms with Crippen molar-refractivity contribution >= 4 is 11.4 Å². The van der Waals surface area contributed by atoms with Gasteiger partial charge in [-0.3, -0.25) is 9.98 Å². The molecule has 0 aromatic carbocycles. The quantitative estimate of drug-likeness (QED) is 0.859. The molecule has 2 aliphatic rings. The summed E-state index contributed by atoms with van der Waals surface area (Å²) in [5.41, 5.74) is 2.56. The second-order valence-corrected chi connectivity index (χ2v) is 7.60. The number of piperidine rings is 1. The Morgan fingerprint density at radius 1 is 0.958 bits per heavy atom. The number of fused-ring (bicyclic) bond motifs is 2. The van der Waals surface area contributed by atoms with Crippen molar-refractivity contribution in [2.45, 2.75) is 58.0 Å². The number of rotatable bonds is 3. The van der Waals surface area contributed by atoms with E-state index in [9.17, 15) is 0 Å². The van der Waals surface area contributed by atoms with Crippen molar-refractivity contribution in [1.29, 1.82) is 0 Å². The molecular formula is C19H37N5. The average Bonchev–Trinajstić information content (AvgIpc) is 2.58. The molecule has 2 aliphatic heterocycles. The fraction of sp³-hybridized carbons (Fsp3) is 0.895. The van der Waals surface area contributed by atoms with Crippen LogP contribution in [0.4, 0.5) is 0 Å². The molecule has 0 aliphatic carbocycles. The lowest BCUT2D eigenvalue weighted by atomic mass is 9.93. The number of nitrogens with one attached hydrogen (secondary N) is 1. The molecule has 1 fully saturated rings. The number of hydrogen-bond donors (Lipinski definition) is 1. The van der Waals surface area contributed by atoms with Crippen molar-refractivity contribution in [2.75, 3.05) is 53.4 Å². The third-order valence-electron chi connectivity index (χ3n) is 5.25. The molecule has 0 aromatic heterocycles. The van der Waals surface area contributed by atoms with E-state index in [2.05, 4.69) is 43.1 Å². The Hall–Kier alpha value is -0.780. The number of aliphatic imine (C=N–C) groups is 2. The Morgan fingerprint density at radius 3 is 2.00 bits per heavy atom. The third kappa shape index (κ3) is 6.61. The zero-order chi connectivity index (χ0) is 17.4. The van der Waals surface area contributed by atoms with Gasteiger partial charge < -0.3 is 15.1 Å². The first-order chi connectivity index (χ1) is 11.6. The second-order valence-electron chi connectivity index (χ2n) is 7.60. The molecule has 2 unspecified atom stereocenters. The van der Waals surface area contributed by atoms with Crippen molar-refractivity contribution < 1.29 is 0 Å². The highest BCUT2D eigenvalue weighted by molar-refractivity contribution is 5.91. The molecule has 2 bridgehead atoms. The van der Waals surface area contributed by atoms with Gasteiger partial charge >= 0.3 is 0 Å². The largest absolute Gasteiger partial charge is 0.308 e. The molecule has 0 saturated carbocycles. The molecule has 2 rings (SSSR count). The third-order valence-corrected chi connectivity index (χ3v) is 5.25. The molecule has 138 valence electrons. The van der Waals surface area contributed by atoms with Crippen LogP contribution in [-0.4, -0.2) is 86.7 Å². The molecule has 1 N–H and O–H groups in total. The maximum Gasteiger partial charge on any atom is 0.0453 e. The molecule has 5 heteroatoms. The summed E-state index contributed by atoms with van der Waals surface area (Å²) in [5.74, 6) is 0. The first kappa shape index (κ1) is 19.5. The minimum absolute atomic E-state index is 0.446. The first-order valence-electron chi connectivity index (χ1n) is 9.71. The zero-order valence-corrected chi connectivity index (χ0v) is 16.2. The van der Waals surface area contributed by atoms with Crippen molar-refractivity contribution in [2.24, 2.45) is 9.98 Å². The van der Waals surface area contributed by atoms with E-state index in [1.807, 2.05) is 0 Å². The lowest BCUT2D eigenvalue weighted by molar-refractivity contribution is 0.238. The van der Waals surface area contributed by atoms with E-state index in [4.69, 9.17) is 9.98 Å². The van der Waals surface area contributed by atoms with E-state index >= 15 is 0 Å². The van der Waals surface area contributed by atoms with Crippen LogP contribution in [0.5, 0.6) is 0 Å². The maximum absolute atomic E-state index is 4.86. The number of likely N-dealkylation sites (N-methyl/N-ethyl adjacent to an activating group) is 1. The highest BCUT2D eigenvalue weighted by atomic mass is 15.2. The van der Waals surface area contributed by atoms with Crippen molar-refractivity contribution in [3.63, 3.8) is 0 Å². The summed E-state index contributed by atoms with van der Waals surface area (Å²) in [6.07, 6.45) is 6.02. The van der Waals surface area contributed by atoms with Gasteiger partial charge in [-0.05, 0) is 73.1 Å². The Kier molecular flexibility index (Phi) is 8.36. The minimum atomic E-state index is 0.446. The van der Waals surface area contributed by atoms with Gasteiger partial charge in [-0.1, -0.05) is 0 Å². The molecule has 24 heavy (non-hydrogen) atoms. The van der Waals surface area contributed by atoms with Crippen LogP contribution in [0.25, 0.3) is 0 Å². The Morgan fingerprint density at radius 2 is 1.50 bits per heavy atom. The van der Waals surface area contributed by atoms with Gasteiger partial charge in [0.25, 0.3) is 0 Å². The summed E-state index contributed by atoms with van der Waals surface area (Å²) in [7, 11) is 4.30. The van der Waals surface area contributed by atoms with Crippen LogP contribution in [0.15, 0.2) is 9.98 Å². The fourth-order valence-corrected chi connectivity index (χ4v) is 3.59. The molecule has 0 aromatic rings. The van der Waals surface area contributed by atoms with E-state index in [1.165, 1.54) is 30.7 Å². The van der Waals surface area contributed by atoms with E-state index in [0.29, 0.717) is 12.1 Å². The standard InChI is InChI=1S/C19H37N5/c1-16-18-8-5-9-19(22-18)17(2)21-11-7-13-24(12-6-10-20-16)15-14-23(3)4/h18-19,22H,5-15H2,1-4H3. The monoisotopic (exact) mass is 335 g/mol. The van der Waals surface area contributed by atoms with Gasteiger partial charge in [-0.15, -0.1) is 0 Å². The van der Waals surface area contributed by atoms with Crippen LogP contribution in [0, 0.1) is 0 Å². The molecule has 2 heterocycles. The molecule has 5 nitrogen and oxygen atoms in total. The van der Waals surface area contributed by atoms with Gasteiger partial charge in [-0.2, -0.15) is 0 Å². The fourth-order valence-electron chi connectivity index (χ4n) is 3.59. The second kappa shape index (κ2) is 10.3. The zero-order valence-electron chi connectivity index (χ0n) is 16.2. The van der Waals surface area contributed by atoms with Crippen LogP contribution >= 0.6 is 0 Å². The molecule has 1 saturated heterocycles. The highest BCUT2D eigenvalue weighted by Crippen LogP contribution is 2.16. The van der Waals surface area contributed by atoms with Crippen molar-refractivity contribution in [3.05, 3.63) is 0 Å². The van der Waals surface area contributed by atoms with E-state index in [-0.39, 0.29) is 0 Å². The van der Waals surface area contributed by atoms with E-state index < -0.39 is 0 Å². The predicted octanol–water partition coefficient (Wildman–Crippen LogP) is 2.08. The molecule has 0 radical (unpaired) electrons. The minimum Gasteiger partial charge on any atom is -0.308 e. The van der Waals surface area contributed by atoms with Crippen molar-refractivity contribution in [3.8, 4) is 0 Å². The van der Waals surface area contributed by atoms with Crippen molar-refractivity contribution in [1.82, 2.24) is 15.1 Å². The lowest BCUT2D eigenvalue weighted by Gasteiger charge is -2.31. The average molecular weight is 336 g/mol. The van der Waals surface area contributed by atoms with Crippen LogP contribution < -0.4 is 5.32 Å². The van der Waals surface area contributed by atoms with Gasteiger partial charge in [0.15, 0.2) is 0 Å². The van der Waals surface area contributed by atoms with E-state index in [1.54, 1.807) is 0 Å². The molecular weight excluding hydrogens is 298 g/mol. The van der Waals surface area contributed by atoms with Gasteiger partial charge in [0.2, 0.25) is 0 Å². The Balaban J connectivity index is 1.99.